The number of aromatic nitrogens is 2. The molecule has 0 fully saturated rings. The maximum absolute atomic E-state index is 9.59. The van der Waals surface area contributed by atoms with Gasteiger partial charge in [-0.05, 0) is 34.4 Å². The van der Waals surface area contributed by atoms with Crippen molar-refractivity contribution in [1.82, 2.24) is 9.55 Å². The van der Waals surface area contributed by atoms with Crippen LogP contribution in [0.2, 0.25) is 0 Å². The molecule has 4 rings (SSSR count). The summed E-state index contributed by atoms with van der Waals surface area (Å²) >= 11 is 0. The van der Waals surface area contributed by atoms with Gasteiger partial charge in [-0.2, -0.15) is 5.26 Å². The third kappa shape index (κ3) is 4.60. The van der Waals surface area contributed by atoms with Crippen molar-refractivity contribution in [2.24, 2.45) is 7.05 Å². The van der Waals surface area contributed by atoms with Gasteiger partial charge < -0.3 is 9.30 Å². The van der Waals surface area contributed by atoms with E-state index in [1.165, 1.54) is 0 Å². The van der Waals surface area contributed by atoms with Gasteiger partial charge in [-0.3, -0.25) is 0 Å². The van der Waals surface area contributed by atoms with E-state index in [9.17, 15) is 5.26 Å². The van der Waals surface area contributed by atoms with Crippen molar-refractivity contribution < 1.29 is 4.74 Å². The van der Waals surface area contributed by atoms with Gasteiger partial charge in [-0.15, -0.1) is 12.4 Å². The second kappa shape index (κ2) is 9.89. The number of hydrogen-bond donors (Lipinski definition) is 0. The first-order valence-corrected chi connectivity index (χ1v) is 9.47. The number of rotatable bonds is 6. The van der Waals surface area contributed by atoms with Gasteiger partial charge in [0.1, 0.15) is 6.10 Å². The van der Waals surface area contributed by atoms with Gasteiger partial charge in [0.2, 0.25) is 0 Å². The molecule has 30 heavy (non-hydrogen) atoms. The van der Waals surface area contributed by atoms with Gasteiger partial charge in [-0.1, -0.05) is 66.7 Å². The number of ether oxygens (including phenoxy) is 1. The predicted octanol–water partition coefficient (Wildman–Crippen LogP) is 5.69. The minimum atomic E-state index is -0.294. The molecule has 1 aromatic heterocycles. The highest BCUT2D eigenvalue weighted by Gasteiger charge is 2.20. The third-order valence-corrected chi connectivity index (χ3v) is 4.93. The predicted molar refractivity (Wildman–Crippen MR) is 120 cm³/mol. The number of imidazole rings is 1. The normalized spacial score (nSPS) is 11.3. The van der Waals surface area contributed by atoms with Gasteiger partial charge in [0.25, 0.3) is 0 Å². The zero-order chi connectivity index (χ0) is 20.1. The lowest BCUT2D eigenvalue weighted by Crippen LogP contribution is -2.11. The molecule has 1 atom stereocenters. The molecule has 0 N–H and O–H groups in total. The third-order valence-electron chi connectivity index (χ3n) is 4.93. The molecule has 0 aliphatic heterocycles. The summed E-state index contributed by atoms with van der Waals surface area (Å²) in [6, 6.07) is 28.3. The Hall–Kier alpha value is -3.39. The SMILES string of the molecule is Cl.Cn1cncc1C(OCc1ccccc1)c1ccc(C#N)c(-c2ccccc2)c1. The van der Waals surface area contributed by atoms with Crippen LogP contribution in [0.15, 0.2) is 91.4 Å². The van der Waals surface area contributed by atoms with E-state index >= 15 is 0 Å². The Morgan fingerprint density at radius 2 is 1.70 bits per heavy atom. The molecule has 0 aliphatic carbocycles. The molecule has 4 nitrogen and oxygen atoms in total. The molecule has 0 radical (unpaired) electrons. The average Bonchev–Trinajstić information content (AvgIpc) is 3.21. The van der Waals surface area contributed by atoms with Crippen LogP contribution < -0.4 is 0 Å². The van der Waals surface area contributed by atoms with Crippen LogP contribution in [0.4, 0.5) is 0 Å². The van der Waals surface area contributed by atoms with Crippen LogP contribution >= 0.6 is 12.4 Å². The highest BCUT2D eigenvalue weighted by molar-refractivity contribution is 5.85. The van der Waals surface area contributed by atoms with Crippen molar-refractivity contribution in [2.45, 2.75) is 12.7 Å². The molecule has 0 amide bonds. The van der Waals surface area contributed by atoms with Crippen molar-refractivity contribution in [1.29, 1.82) is 5.26 Å². The molecule has 1 unspecified atom stereocenters. The first-order valence-electron chi connectivity index (χ1n) is 9.47. The second-order valence-electron chi connectivity index (χ2n) is 6.89. The molecule has 0 aliphatic rings. The van der Waals surface area contributed by atoms with Gasteiger partial charge >= 0.3 is 0 Å². The molecular formula is C25H22ClN3O. The van der Waals surface area contributed by atoms with Crippen LogP contribution in [0.5, 0.6) is 0 Å². The standard InChI is InChI=1S/C25H21N3O.ClH/c1-28-18-27-16-24(28)25(29-17-19-8-4-2-5-9-19)21-12-13-22(15-26)23(14-21)20-10-6-3-7-11-20;/h2-14,16,18,25H,17H2,1H3;1H. The van der Waals surface area contributed by atoms with Crippen LogP contribution in [0.1, 0.15) is 28.5 Å². The molecule has 0 spiro atoms. The number of hydrogen-bond acceptors (Lipinski definition) is 3. The zero-order valence-electron chi connectivity index (χ0n) is 16.6. The highest BCUT2D eigenvalue weighted by atomic mass is 35.5. The number of nitriles is 1. The summed E-state index contributed by atoms with van der Waals surface area (Å²) in [5.74, 6) is 0. The molecule has 5 heteroatoms. The van der Waals surface area contributed by atoms with E-state index < -0.39 is 0 Å². The van der Waals surface area contributed by atoms with E-state index in [1.54, 1.807) is 6.33 Å². The summed E-state index contributed by atoms with van der Waals surface area (Å²) in [6.07, 6.45) is 3.31. The monoisotopic (exact) mass is 415 g/mol. The smallest absolute Gasteiger partial charge is 0.124 e. The summed E-state index contributed by atoms with van der Waals surface area (Å²) in [6.45, 7) is 0.483. The Morgan fingerprint density at radius 3 is 2.33 bits per heavy atom. The van der Waals surface area contributed by atoms with Gasteiger partial charge in [0.05, 0.1) is 36.5 Å². The van der Waals surface area contributed by atoms with Crippen LogP contribution in [0.25, 0.3) is 11.1 Å². The minimum Gasteiger partial charge on any atom is -0.363 e. The Kier molecular flexibility index (Phi) is 7.03. The zero-order valence-corrected chi connectivity index (χ0v) is 17.4. The van der Waals surface area contributed by atoms with E-state index in [-0.39, 0.29) is 18.5 Å². The molecule has 1 heterocycles. The van der Waals surface area contributed by atoms with E-state index in [0.717, 1.165) is 27.9 Å². The molecule has 4 aromatic rings. The topological polar surface area (TPSA) is 50.8 Å². The van der Waals surface area contributed by atoms with Crippen LogP contribution in [-0.4, -0.2) is 9.55 Å². The van der Waals surface area contributed by atoms with E-state index in [0.29, 0.717) is 12.2 Å². The lowest BCUT2D eigenvalue weighted by atomic mass is 9.95. The number of nitrogens with zero attached hydrogens (tertiary/aromatic N) is 3. The summed E-state index contributed by atoms with van der Waals surface area (Å²) in [5, 5.41) is 9.59. The van der Waals surface area contributed by atoms with Crippen LogP contribution in [-0.2, 0) is 18.4 Å². The number of halogens is 1. The first-order chi connectivity index (χ1) is 14.3. The second-order valence-corrected chi connectivity index (χ2v) is 6.89. The highest BCUT2D eigenvalue weighted by Crippen LogP contribution is 2.32. The molecule has 0 saturated heterocycles. The quantitative estimate of drug-likeness (QED) is 0.406. The lowest BCUT2D eigenvalue weighted by molar-refractivity contribution is 0.0622. The van der Waals surface area contributed by atoms with E-state index in [2.05, 4.69) is 29.3 Å². The fourth-order valence-corrected chi connectivity index (χ4v) is 3.41. The van der Waals surface area contributed by atoms with Crippen molar-refractivity contribution in [2.75, 3.05) is 0 Å². The Labute approximate surface area is 182 Å². The number of benzene rings is 3. The molecule has 0 bridgehead atoms. The molecule has 3 aromatic carbocycles. The van der Waals surface area contributed by atoms with Crippen molar-refractivity contribution >= 4 is 12.4 Å². The minimum absolute atomic E-state index is 0. The summed E-state index contributed by atoms with van der Waals surface area (Å²) < 4.78 is 8.33. The molecular weight excluding hydrogens is 394 g/mol. The Bertz CT molecular complexity index is 1130. The van der Waals surface area contributed by atoms with Gasteiger partial charge in [0.15, 0.2) is 0 Å². The average molecular weight is 416 g/mol. The maximum atomic E-state index is 9.59. The Balaban J connectivity index is 0.00000256. The van der Waals surface area contributed by atoms with Crippen molar-refractivity contribution in [3.8, 4) is 17.2 Å². The lowest BCUT2D eigenvalue weighted by Gasteiger charge is -2.20. The van der Waals surface area contributed by atoms with Crippen molar-refractivity contribution in [3.05, 3.63) is 114 Å². The fraction of sp³-hybridized carbons (Fsp3) is 0.120. The van der Waals surface area contributed by atoms with Crippen molar-refractivity contribution in [3.63, 3.8) is 0 Å². The van der Waals surface area contributed by atoms with Crippen LogP contribution in [0, 0.1) is 11.3 Å². The maximum Gasteiger partial charge on any atom is 0.124 e. The summed E-state index contributed by atoms with van der Waals surface area (Å²) in [5.41, 5.74) is 5.62. The largest absolute Gasteiger partial charge is 0.363 e. The summed E-state index contributed by atoms with van der Waals surface area (Å²) in [7, 11) is 1.96. The number of aryl methyl sites for hydroxylation is 1. The fourth-order valence-electron chi connectivity index (χ4n) is 3.41. The van der Waals surface area contributed by atoms with E-state index in [4.69, 9.17) is 4.74 Å². The Morgan fingerprint density at radius 1 is 1.00 bits per heavy atom. The van der Waals surface area contributed by atoms with E-state index in [1.807, 2.05) is 78.5 Å². The molecule has 0 saturated carbocycles. The summed E-state index contributed by atoms with van der Waals surface area (Å²) in [4.78, 5) is 4.27. The van der Waals surface area contributed by atoms with Gasteiger partial charge in [0, 0.05) is 7.05 Å². The first kappa shape index (κ1) is 21.3. The molecule has 150 valence electrons. The van der Waals surface area contributed by atoms with Gasteiger partial charge in [-0.25, -0.2) is 4.98 Å². The van der Waals surface area contributed by atoms with Crippen LogP contribution in [0.3, 0.4) is 0 Å².